The van der Waals surface area contributed by atoms with Crippen LogP contribution in [0.1, 0.15) is 0 Å². The van der Waals surface area contributed by atoms with Gasteiger partial charge in [0.15, 0.2) is 0 Å². The lowest BCUT2D eigenvalue weighted by atomic mass is 10.1. The van der Waals surface area contributed by atoms with Gasteiger partial charge in [-0.05, 0) is 30.3 Å². The van der Waals surface area contributed by atoms with E-state index in [2.05, 4.69) is 4.98 Å². The molecule has 0 amide bonds. The molecule has 22 heavy (non-hydrogen) atoms. The van der Waals surface area contributed by atoms with Gasteiger partial charge in [0.05, 0.1) is 21.7 Å². The number of hydrogen-bond donors (Lipinski definition) is 1. The molecule has 2 aromatic carbocycles. The lowest BCUT2D eigenvalue weighted by molar-refractivity contribution is 0.477. The third-order valence-electron chi connectivity index (χ3n) is 3.78. The summed E-state index contributed by atoms with van der Waals surface area (Å²) in [5.41, 5.74) is 3.15. The van der Waals surface area contributed by atoms with E-state index in [1.165, 1.54) is 0 Å². The number of nitrogens with zero attached hydrogens (tertiary/aromatic N) is 3. The number of phenolic OH excluding ortho intramolecular Hbond substituents is 1. The van der Waals surface area contributed by atoms with Gasteiger partial charge < -0.3 is 9.67 Å². The molecule has 4 aromatic rings. The fourth-order valence-electron chi connectivity index (χ4n) is 2.76. The second kappa shape index (κ2) is 4.66. The first-order valence-corrected chi connectivity index (χ1v) is 7.43. The van der Waals surface area contributed by atoms with Crippen LogP contribution < -0.4 is 0 Å². The standard InChI is InChI=1S/C16H11Cl2N3O/c1-20-15-11(18)3-2-4-13(15)21-8-12(19-16(20)21)10-7-9(17)5-6-14(10)22/h2-8,22H,1H3. The van der Waals surface area contributed by atoms with E-state index in [9.17, 15) is 5.11 Å². The van der Waals surface area contributed by atoms with Gasteiger partial charge in [-0.15, -0.1) is 0 Å². The Morgan fingerprint density at radius 2 is 1.95 bits per heavy atom. The molecule has 0 aliphatic carbocycles. The number of halogens is 2. The maximum Gasteiger partial charge on any atom is 0.215 e. The van der Waals surface area contributed by atoms with Crippen molar-refractivity contribution in [1.82, 2.24) is 14.0 Å². The lowest BCUT2D eigenvalue weighted by Gasteiger charge is -2.02. The van der Waals surface area contributed by atoms with Crippen molar-refractivity contribution in [2.75, 3.05) is 0 Å². The highest BCUT2D eigenvalue weighted by atomic mass is 35.5. The summed E-state index contributed by atoms with van der Waals surface area (Å²) in [5.74, 6) is 0.896. The zero-order valence-electron chi connectivity index (χ0n) is 11.6. The van der Waals surface area contributed by atoms with Gasteiger partial charge in [-0.3, -0.25) is 4.40 Å². The topological polar surface area (TPSA) is 42.5 Å². The summed E-state index contributed by atoms with van der Waals surface area (Å²) in [4.78, 5) is 4.61. The molecule has 0 radical (unpaired) electrons. The van der Waals surface area contributed by atoms with E-state index < -0.39 is 0 Å². The maximum absolute atomic E-state index is 10.0. The molecule has 0 bridgehead atoms. The number of para-hydroxylation sites is 1. The highest BCUT2D eigenvalue weighted by molar-refractivity contribution is 6.35. The monoisotopic (exact) mass is 331 g/mol. The van der Waals surface area contributed by atoms with Crippen molar-refractivity contribution in [2.24, 2.45) is 7.05 Å². The van der Waals surface area contributed by atoms with E-state index >= 15 is 0 Å². The van der Waals surface area contributed by atoms with Crippen LogP contribution in [0.2, 0.25) is 10.0 Å². The van der Waals surface area contributed by atoms with Crippen LogP contribution in [-0.4, -0.2) is 19.1 Å². The maximum atomic E-state index is 10.0. The molecule has 0 unspecified atom stereocenters. The molecule has 0 fully saturated rings. The van der Waals surface area contributed by atoms with Crippen LogP contribution in [-0.2, 0) is 7.05 Å². The first kappa shape index (κ1) is 13.5. The Kier molecular flexibility index (Phi) is 2.86. The van der Waals surface area contributed by atoms with Gasteiger partial charge in [-0.1, -0.05) is 29.3 Å². The molecule has 110 valence electrons. The molecule has 0 saturated heterocycles. The van der Waals surface area contributed by atoms with Gasteiger partial charge in [0.25, 0.3) is 0 Å². The summed E-state index contributed by atoms with van der Waals surface area (Å²) in [6.45, 7) is 0. The first-order chi connectivity index (χ1) is 10.6. The van der Waals surface area contributed by atoms with Crippen molar-refractivity contribution < 1.29 is 5.11 Å². The van der Waals surface area contributed by atoms with E-state index in [1.54, 1.807) is 18.2 Å². The Balaban J connectivity index is 2.05. The predicted octanol–water partition coefficient (Wildman–Crippen LogP) is 4.51. The third kappa shape index (κ3) is 1.81. The summed E-state index contributed by atoms with van der Waals surface area (Å²) in [5, 5.41) is 11.3. The number of aromatic nitrogens is 3. The summed E-state index contributed by atoms with van der Waals surface area (Å²) < 4.78 is 3.89. The van der Waals surface area contributed by atoms with E-state index in [4.69, 9.17) is 23.2 Å². The molecule has 0 atom stereocenters. The Bertz CT molecular complexity index is 1030. The Hall–Kier alpha value is -2.17. The molecule has 0 aliphatic heterocycles. The minimum absolute atomic E-state index is 0.148. The predicted molar refractivity (Wildman–Crippen MR) is 88.8 cm³/mol. The lowest BCUT2D eigenvalue weighted by Crippen LogP contribution is -1.89. The van der Waals surface area contributed by atoms with Gasteiger partial charge in [0.1, 0.15) is 5.75 Å². The fourth-order valence-corrected chi connectivity index (χ4v) is 3.23. The zero-order chi connectivity index (χ0) is 15.4. The number of phenols is 1. The van der Waals surface area contributed by atoms with E-state index in [0.717, 1.165) is 16.8 Å². The minimum atomic E-state index is 0.148. The van der Waals surface area contributed by atoms with Crippen LogP contribution >= 0.6 is 23.2 Å². The van der Waals surface area contributed by atoms with Gasteiger partial charge in [-0.25, -0.2) is 4.98 Å². The van der Waals surface area contributed by atoms with E-state index in [0.29, 0.717) is 21.3 Å². The van der Waals surface area contributed by atoms with Crippen LogP contribution in [0.4, 0.5) is 0 Å². The molecule has 0 aliphatic rings. The van der Waals surface area contributed by atoms with Crippen molar-refractivity contribution >= 4 is 40.0 Å². The number of benzene rings is 2. The van der Waals surface area contributed by atoms with Crippen molar-refractivity contribution in [3.63, 3.8) is 0 Å². The van der Waals surface area contributed by atoms with E-state index in [1.807, 2.05) is 40.4 Å². The van der Waals surface area contributed by atoms with Crippen molar-refractivity contribution in [3.8, 4) is 17.0 Å². The number of imidazole rings is 2. The minimum Gasteiger partial charge on any atom is -0.507 e. The second-order valence-corrected chi connectivity index (χ2v) is 5.97. The molecule has 4 rings (SSSR count). The molecule has 0 spiro atoms. The van der Waals surface area contributed by atoms with Crippen LogP contribution in [0.15, 0.2) is 42.6 Å². The Labute approximate surface area is 136 Å². The molecule has 1 N–H and O–H groups in total. The summed E-state index contributed by atoms with van der Waals surface area (Å²) >= 11 is 12.3. The highest BCUT2D eigenvalue weighted by Crippen LogP contribution is 2.33. The smallest absolute Gasteiger partial charge is 0.215 e. The SMILES string of the molecule is Cn1c2c(Cl)cccc2n2cc(-c3cc(Cl)ccc3O)nc12. The largest absolute Gasteiger partial charge is 0.507 e. The third-order valence-corrected chi connectivity index (χ3v) is 4.32. The van der Waals surface area contributed by atoms with Crippen LogP contribution in [0.3, 0.4) is 0 Å². The second-order valence-electron chi connectivity index (χ2n) is 5.12. The quantitative estimate of drug-likeness (QED) is 0.557. The molecule has 4 nitrogen and oxygen atoms in total. The normalized spacial score (nSPS) is 11.6. The van der Waals surface area contributed by atoms with Crippen molar-refractivity contribution in [3.05, 3.63) is 52.6 Å². The molecule has 0 saturated carbocycles. The van der Waals surface area contributed by atoms with Crippen LogP contribution in [0.25, 0.3) is 28.1 Å². The number of rotatable bonds is 1. The Morgan fingerprint density at radius 3 is 2.77 bits per heavy atom. The number of hydrogen-bond acceptors (Lipinski definition) is 2. The van der Waals surface area contributed by atoms with Crippen molar-refractivity contribution in [1.29, 1.82) is 0 Å². The fraction of sp³-hybridized carbons (Fsp3) is 0.0625. The molecular formula is C16H11Cl2N3O. The Morgan fingerprint density at radius 1 is 1.14 bits per heavy atom. The molecular weight excluding hydrogens is 321 g/mol. The van der Waals surface area contributed by atoms with Gasteiger partial charge in [0.2, 0.25) is 5.78 Å². The number of aromatic hydroxyl groups is 1. The van der Waals surface area contributed by atoms with Gasteiger partial charge >= 0.3 is 0 Å². The van der Waals surface area contributed by atoms with Crippen LogP contribution in [0, 0.1) is 0 Å². The van der Waals surface area contributed by atoms with Crippen LogP contribution in [0.5, 0.6) is 5.75 Å². The zero-order valence-corrected chi connectivity index (χ0v) is 13.1. The molecule has 2 aromatic heterocycles. The average molecular weight is 332 g/mol. The molecule has 6 heteroatoms. The summed E-state index contributed by atoms with van der Waals surface area (Å²) in [6.07, 6.45) is 1.87. The average Bonchev–Trinajstić information content (AvgIpc) is 3.03. The van der Waals surface area contributed by atoms with Crippen molar-refractivity contribution in [2.45, 2.75) is 0 Å². The van der Waals surface area contributed by atoms with Gasteiger partial charge in [0, 0.05) is 23.8 Å². The number of fused-ring (bicyclic) bond motifs is 3. The summed E-state index contributed by atoms with van der Waals surface area (Å²) in [6, 6.07) is 10.7. The van der Waals surface area contributed by atoms with Gasteiger partial charge in [-0.2, -0.15) is 0 Å². The summed E-state index contributed by atoms with van der Waals surface area (Å²) in [7, 11) is 1.91. The number of aryl methyl sites for hydroxylation is 1. The highest BCUT2D eigenvalue weighted by Gasteiger charge is 2.16. The molecule has 2 heterocycles. The van der Waals surface area contributed by atoms with E-state index in [-0.39, 0.29) is 5.75 Å². The first-order valence-electron chi connectivity index (χ1n) is 6.67.